The monoisotopic (exact) mass is 113 g/mol. The molecule has 0 aliphatic rings. The summed E-state index contributed by atoms with van der Waals surface area (Å²) in [6.07, 6.45) is 5.20. The maximum atomic E-state index is 9.70. The molecule has 0 heterocycles. The number of carbonyl (C=O) groups is 1. The standard InChI is InChI=1S/C6H11NO/c1-2-4-7-5-3-6-8/h2,4,6-7H,3,5H2,1H3/b4-2-. The van der Waals surface area contributed by atoms with Crippen LogP contribution in [0.25, 0.3) is 0 Å². The first kappa shape index (κ1) is 7.21. The smallest absolute Gasteiger partial charge is 0.121 e. The topological polar surface area (TPSA) is 29.1 Å². The summed E-state index contributed by atoms with van der Waals surface area (Å²) < 4.78 is 0. The van der Waals surface area contributed by atoms with Crippen molar-refractivity contribution in [2.75, 3.05) is 6.54 Å². The molecule has 0 aromatic carbocycles. The minimum Gasteiger partial charge on any atom is -0.391 e. The minimum absolute atomic E-state index is 0.588. The van der Waals surface area contributed by atoms with Crippen molar-refractivity contribution >= 4 is 6.29 Å². The zero-order valence-electron chi connectivity index (χ0n) is 5.05. The van der Waals surface area contributed by atoms with Crippen LogP contribution in [0.2, 0.25) is 0 Å². The third-order valence-electron chi connectivity index (χ3n) is 0.691. The fourth-order valence-corrected chi connectivity index (χ4v) is 0.343. The fourth-order valence-electron chi connectivity index (χ4n) is 0.343. The van der Waals surface area contributed by atoms with Gasteiger partial charge in [0.15, 0.2) is 0 Å². The van der Waals surface area contributed by atoms with E-state index in [2.05, 4.69) is 5.32 Å². The Morgan fingerprint density at radius 3 is 2.88 bits per heavy atom. The SMILES string of the molecule is C/C=C\NCCC=O. The van der Waals surface area contributed by atoms with E-state index in [4.69, 9.17) is 0 Å². The lowest BCUT2D eigenvalue weighted by atomic mass is 10.5. The lowest BCUT2D eigenvalue weighted by Crippen LogP contribution is -2.06. The van der Waals surface area contributed by atoms with Gasteiger partial charge in [0.05, 0.1) is 0 Å². The van der Waals surface area contributed by atoms with Crippen molar-refractivity contribution in [3.8, 4) is 0 Å². The van der Waals surface area contributed by atoms with Crippen molar-refractivity contribution in [3.63, 3.8) is 0 Å². The van der Waals surface area contributed by atoms with Crippen molar-refractivity contribution in [1.29, 1.82) is 0 Å². The van der Waals surface area contributed by atoms with Crippen LogP contribution in [0.1, 0.15) is 13.3 Å². The first-order chi connectivity index (χ1) is 3.91. The van der Waals surface area contributed by atoms with Gasteiger partial charge in [-0.15, -0.1) is 0 Å². The second-order valence-corrected chi connectivity index (χ2v) is 1.41. The lowest BCUT2D eigenvalue weighted by Gasteiger charge is -1.90. The molecule has 0 aromatic heterocycles. The van der Waals surface area contributed by atoms with E-state index in [1.54, 1.807) is 0 Å². The van der Waals surface area contributed by atoms with E-state index in [1.807, 2.05) is 19.2 Å². The molecule has 0 spiro atoms. The molecular formula is C6H11NO. The molecule has 0 bridgehead atoms. The van der Waals surface area contributed by atoms with Gasteiger partial charge in [0.1, 0.15) is 6.29 Å². The number of carbonyl (C=O) groups excluding carboxylic acids is 1. The first-order valence-corrected chi connectivity index (χ1v) is 2.70. The van der Waals surface area contributed by atoms with Crippen LogP contribution < -0.4 is 5.32 Å². The first-order valence-electron chi connectivity index (χ1n) is 2.70. The summed E-state index contributed by atoms with van der Waals surface area (Å²) in [5.41, 5.74) is 0. The zero-order chi connectivity index (χ0) is 6.24. The number of nitrogens with one attached hydrogen (secondary N) is 1. The van der Waals surface area contributed by atoms with Crippen molar-refractivity contribution in [2.45, 2.75) is 13.3 Å². The Balaban J connectivity index is 2.82. The highest BCUT2D eigenvalue weighted by Crippen LogP contribution is 1.67. The molecule has 1 N–H and O–H groups in total. The van der Waals surface area contributed by atoms with Crippen LogP contribution >= 0.6 is 0 Å². The molecular weight excluding hydrogens is 102 g/mol. The summed E-state index contributed by atoms with van der Waals surface area (Å²) in [5, 5.41) is 2.92. The predicted octanol–water partition coefficient (Wildman–Crippen LogP) is 0.699. The molecule has 0 aliphatic heterocycles. The largest absolute Gasteiger partial charge is 0.391 e. The van der Waals surface area contributed by atoms with Crippen molar-refractivity contribution in [1.82, 2.24) is 5.32 Å². The van der Waals surface area contributed by atoms with E-state index in [0.29, 0.717) is 6.42 Å². The second kappa shape index (κ2) is 6.21. The third kappa shape index (κ3) is 5.21. The molecule has 0 saturated carbocycles. The van der Waals surface area contributed by atoms with E-state index < -0.39 is 0 Å². The van der Waals surface area contributed by atoms with Crippen LogP contribution in [0.3, 0.4) is 0 Å². The quantitative estimate of drug-likeness (QED) is 0.429. The highest BCUT2D eigenvalue weighted by atomic mass is 16.1. The average Bonchev–Trinajstić information content (AvgIpc) is 1.81. The van der Waals surface area contributed by atoms with Crippen molar-refractivity contribution in [3.05, 3.63) is 12.3 Å². The second-order valence-electron chi connectivity index (χ2n) is 1.41. The van der Waals surface area contributed by atoms with E-state index in [-0.39, 0.29) is 0 Å². The highest BCUT2D eigenvalue weighted by Gasteiger charge is 1.75. The van der Waals surface area contributed by atoms with Gasteiger partial charge in [0.2, 0.25) is 0 Å². The Labute approximate surface area is 49.6 Å². The van der Waals surface area contributed by atoms with Crippen LogP contribution in [-0.2, 0) is 4.79 Å². The molecule has 0 rings (SSSR count). The van der Waals surface area contributed by atoms with Gasteiger partial charge in [-0.05, 0) is 13.1 Å². The summed E-state index contributed by atoms with van der Waals surface area (Å²) in [4.78, 5) is 9.70. The van der Waals surface area contributed by atoms with Crippen LogP contribution in [-0.4, -0.2) is 12.8 Å². The van der Waals surface area contributed by atoms with Crippen LogP contribution in [0.5, 0.6) is 0 Å². The van der Waals surface area contributed by atoms with Gasteiger partial charge in [0, 0.05) is 13.0 Å². The van der Waals surface area contributed by atoms with Crippen molar-refractivity contribution < 1.29 is 4.79 Å². The average molecular weight is 113 g/mol. The summed E-state index contributed by atoms with van der Waals surface area (Å²) in [6.45, 7) is 2.67. The minimum atomic E-state index is 0.588. The van der Waals surface area contributed by atoms with E-state index >= 15 is 0 Å². The van der Waals surface area contributed by atoms with E-state index in [9.17, 15) is 4.79 Å². The van der Waals surface area contributed by atoms with Gasteiger partial charge in [-0.2, -0.15) is 0 Å². The summed E-state index contributed by atoms with van der Waals surface area (Å²) >= 11 is 0. The Kier molecular flexibility index (Phi) is 5.60. The molecule has 2 nitrogen and oxygen atoms in total. The number of hydrogen-bond acceptors (Lipinski definition) is 2. The Hall–Kier alpha value is -0.790. The van der Waals surface area contributed by atoms with Crippen LogP contribution in [0.4, 0.5) is 0 Å². The summed E-state index contributed by atoms with van der Waals surface area (Å²) in [6, 6.07) is 0. The van der Waals surface area contributed by atoms with Gasteiger partial charge < -0.3 is 10.1 Å². The van der Waals surface area contributed by atoms with Gasteiger partial charge in [-0.3, -0.25) is 0 Å². The van der Waals surface area contributed by atoms with Gasteiger partial charge >= 0.3 is 0 Å². The van der Waals surface area contributed by atoms with Crippen molar-refractivity contribution in [2.24, 2.45) is 0 Å². The van der Waals surface area contributed by atoms with Gasteiger partial charge in [-0.25, -0.2) is 0 Å². The molecule has 0 unspecified atom stereocenters. The number of hydrogen-bond donors (Lipinski definition) is 1. The maximum Gasteiger partial charge on any atom is 0.121 e. The molecule has 46 valence electrons. The molecule has 0 aromatic rings. The molecule has 2 heteroatoms. The number of aldehydes is 1. The lowest BCUT2D eigenvalue weighted by molar-refractivity contribution is -0.107. The summed E-state index contributed by atoms with van der Waals surface area (Å²) in [5.74, 6) is 0. The molecule has 0 saturated heterocycles. The molecule has 0 aliphatic carbocycles. The van der Waals surface area contributed by atoms with E-state index in [1.165, 1.54) is 0 Å². The Morgan fingerprint density at radius 2 is 2.38 bits per heavy atom. The predicted molar refractivity (Wildman–Crippen MR) is 33.5 cm³/mol. The number of rotatable bonds is 4. The molecule has 0 fully saturated rings. The normalized spacial score (nSPS) is 9.62. The Bertz CT molecular complexity index is 78.6. The third-order valence-corrected chi connectivity index (χ3v) is 0.691. The highest BCUT2D eigenvalue weighted by molar-refractivity contribution is 5.49. The fraction of sp³-hybridized carbons (Fsp3) is 0.500. The van der Waals surface area contributed by atoms with E-state index in [0.717, 1.165) is 12.8 Å². The number of allylic oxidation sites excluding steroid dienone is 1. The molecule has 0 atom stereocenters. The molecule has 0 amide bonds. The van der Waals surface area contributed by atoms with Crippen LogP contribution in [0, 0.1) is 0 Å². The zero-order valence-corrected chi connectivity index (χ0v) is 5.05. The van der Waals surface area contributed by atoms with Gasteiger partial charge in [0.25, 0.3) is 0 Å². The van der Waals surface area contributed by atoms with Gasteiger partial charge in [-0.1, -0.05) is 6.08 Å². The van der Waals surface area contributed by atoms with Crippen LogP contribution in [0.15, 0.2) is 12.3 Å². The molecule has 0 radical (unpaired) electrons. The maximum absolute atomic E-state index is 9.70. The Morgan fingerprint density at radius 1 is 1.62 bits per heavy atom. The molecule has 8 heavy (non-hydrogen) atoms. The summed E-state index contributed by atoms with van der Waals surface area (Å²) in [7, 11) is 0.